The Labute approximate surface area is 162 Å². The summed E-state index contributed by atoms with van der Waals surface area (Å²) in [7, 11) is 1.66. The van der Waals surface area contributed by atoms with Crippen molar-refractivity contribution >= 4 is 34.1 Å². The summed E-state index contributed by atoms with van der Waals surface area (Å²) in [5.74, 6) is 0.729. The third-order valence-electron chi connectivity index (χ3n) is 5.13. The lowest BCUT2D eigenvalue weighted by Gasteiger charge is -2.07. The molecule has 0 saturated heterocycles. The van der Waals surface area contributed by atoms with Crippen LogP contribution in [0.5, 0.6) is 5.75 Å². The quantitative estimate of drug-likeness (QED) is 0.481. The van der Waals surface area contributed by atoms with Crippen molar-refractivity contribution in [3.63, 3.8) is 0 Å². The van der Waals surface area contributed by atoms with Gasteiger partial charge >= 0.3 is 0 Å². The maximum Gasteiger partial charge on any atom is 0.256 e. The van der Waals surface area contributed by atoms with E-state index in [0.29, 0.717) is 5.57 Å². The SMILES string of the molecule is COc1cccc(-c2ccc3c(c2)NC(=O)C3=Cc2cccc3[nH]ccc23)c1. The van der Waals surface area contributed by atoms with Gasteiger partial charge in [-0.2, -0.15) is 0 Å². The monoisotopic (exact) mass is 366 g/mol. The fourth-order valence-corrected chi connectivity index (χ4v) is 3.71. The zero-order valence-corrected chi connectivity index (χ0v) is 15.3. The molecule has 1 amide bonds. The summed E-state index contributed by atoms with van der Waals surface area (Å²) in [5, 5.41) is 4.10. The number of amides is 1. The number of carbonyl (C=O) groups excluding carboxylic acids is 1. The lowest BCUT2D eigenvalue weighted by Crippen LogP contribution is -2.03. The largest absolute Gasteiger partial charge is 0.497 e. The molecule has 0 atom stereocenters. The number of H-pyrrole nitrogens is 1. The van der Waals surface area contributed by atoms with Gasteiger partial charge in [-0.3, -0.25) is 4.79 Å². The van der Waals surface area contributed by atoms with E-state index in [1.165, 1.54) is 0 Å². The highest BCUT2D eigenvalue weighted by molar-refractivity contribution is 6.35. The van der Waals surface area contributed by atoms with E-state index in [1.54, 1.807) is 7.11 Å². The van der Waals surface area contributed by atoms with Crippen LogP contribution in [0.4, 0.5) is 5.69 Å². The standard InChI is InChI=1S/C24H18N2O2/c1-28-18-6-2-4-15(12-18)16-8-9-20-21(24(27)26-23(20)14-16)13-17-5-3-7-22-19(17)10-11-25-22/h2-14,25H,1H3,(H,26,27). The number of carbonyl (C=O) groups is 1. The highest BCUT2D eigenvalue weighted by Crippen LogP contribution is 2.37. The van der Waals surface area contributed by atoms with Crippen molar-refractivity contribution < 1.29 is 9.53 Å². The second-order valence-corrected chi connectivity index (χ2v) is 6.79. The molecule has 0 aliphatic carbocycles. The summed E-state index contributed by atoms with van der Waals surface area (Å²) in [6.07, 6.45) is 3.87. The minimum absolute atomic E-state index is 0.0784. The Hall–Kier alpha value is -3.79. The average molecular weight is 366 g/mol. The molecule has 3 aromatic carbocycles. The highest BCUT2D eigenvalue weighted by atomic mass is 16.5. The second kappa shape index (κ2) is 6.43. The van der Waals surface area contributed by atoms with Crippen LogP contribution in [0.3, 0.4) is 0 Å². The van der Waals surface area contributed by atoms with Crippen molar-refractivity contribution in [2.24, 2.45) is 0 Å². The number of rotatable bonds is 3. The summed E-state index contributed by atoms with van der Waals surface area (Å²) in [6, 6.07) is 22.0. The van der Waals surface area contributed by atoms with Gasteiger partial charge in [0.1, 0.15) is 5.75 Å². The number of anilines is 1. The third-order valence-corrected chi connectivity index (χ3v) is 5.13. The van der Waals surface area contributed by atoms with Gasteiger partial charge in [0.2, 0.25) is 0 Å². The molecule has 28 heavy (non-hydrogen) atoms. The van der Waals surface area contributed by atoms with Crippen molar-refractivity contribution in [3.05, 3.63) is 84.1 Å². The summed E-state index contributed by atoms with van der Waals surface area (Å²) >= 11 is 0. The Balaban J connectivity index is 1.58. The highest BCUT2D eigenvalue weighted by Gasteiger charge is 2.24. The molecule has 2 N–H and O–H groups in total. The van der Waals surface area contributed by atoms with E-state index in [9.17, 15) is 4.79 Å². The van der Waals surface area contributed by atoms with E-state index in [2.05, 4.69) is 10.3 Å². The maximum atomic E-state index is 12.7. The Morgan fingerprint density at radius 3 is 2.68 bits per heavy atom. The van der Waals surface area contributed by atoms with Crippen LogP contribution in [0, 0.1) is 0 Å². The number of ether oxygens (including phenoxy) is 1. The molecule has 1 aliphatic rings. The number of methoxy groups -OCH3 is 1. The molecule has 5 rings (SSSR count). The van der Waals surface area contributed by atoms with Gasteiger partial charge < -0.3 is 15.0 Å². The number of nitrogens with one attached hydrogen (secondary N) is 2. The molecule has 2 heterocycles. The van der Waals surface area contributed by atoms with Gasteiger partial charge in [-0.25, -0.2) is 0 Å². The molecule has 0 radical (unpaired) electrons. The second-order valence-electron chi connectivity index (χ2n) is 6.79. The molecule has 0 bridgehead atoms. The smallest absolute Gasteiger partial charge is 0.256 e. The Kier molecular flexibility index (Phi) is 3.76. The van der Waals surface area contributed by atoms with E-state index >= 15 is 0 Å². The molecule has 1 aliphatic heterocycles. The predicted molar refractivity (Wildman–Crippen MR) is 113 cm³/mol. The zero-order chi connectivity index (χ0) is 19.1. The van der Waals surface area contributed by atoms with Crippen molar-refractivity contribution in [2.75, 3.05) is 12.4 Å². The van der Waals surface area contributed by atoms with E-state index in [1.807, 2.05) is 79.0 Å². The molecular weight excluding hydrogens is 348 g/mol. The van der Waals surface area contributed by atoms with Crippen molar-refractivity contribution in [1.29, 1.82) is 0 Å². The van der Waals surface area contributed by atoms with Crippen LogP contribution in [0.2, 0.25) is 0 Å². The first-order chi connectivity index (χ1) is 13.7. The summed E-state index contributed by atoms with van der Waals surface area (Å²) in [5.41, 5.74) is 6.59. The first kappa shape index (κ1) is 16.4. The number of aromatic nitrogens is 1. The molecule has 0 saturated carbocycles. The lowest BCUT2D eigenvalue weighted by molar-refractivity contribution is -0.110. The van der Waals surface area contributed by atoms with Gasteiger partial charge in [0.15, 0.2) is 0 Å². The molecule has 1 aromatic heterocycles. The minimum Gasteiger partial charge on any atom is -0.497 e. The minimum atomic E-state index is -0.0784. The van der Waals surface area contributed by atoms with Crippen LogP contribution < -0.4 is 10.1 Å². The Morgan fingerprint density at radius 1 is 0.929 bits per heavy atom. The van der Waals surface area contributed by atoms with Crippen LogP contribution in [0.1, 0.15) is 11.1 Å². The Bertz CT molecular complexity index is 1250. The Morgan fingerprint density at radius 2 is 1.79 bits per heavy atom. The van der Waals surface area contributed by atoms with Crippen LogP contribution in [0.15, 0.2) is 72.9 Å². The van der Waals surface area contributed by atoms with Crippen molar-refractivity contribution in [1.82, 2.24) is 4.98 Å². The van der Waals surface area contributed by atoms with Gasteiger partial charge in [-0.1, -0.05) is 36.4 Å². The van der Waals surface area contributed by atoms with Gasteiger partial charge in [0.25, 0.3) is 5.91 Å². The van der Waals surface area contributed by atoms with Crippen LogP contribution in [-0.4, -0.2) is 18.0 Å². The van der Waals surface area contributed by atoms with E-state index in [0.717, 1.165) is 44.6 Å². The van der Waals surface area contributed by atoms with Gasteiger partial charge in [-0.15, -0.1) is 0 Å². The normalized spacial score (nSPS) is 14.3. The topological polar surface area (TPSA) is 54.1 Å². The number of hydrogen-bond acceptors (Lipinski definition) is 2. The van der Waals surface area contributed by atoms with E-state index < -0.39 is 0 Å². The fraction of sp³-hybridized carbons (Fsp3) is 0.0417. The maximum absolute atomic E-state index is 12.7. The molecule has 0 spiro atoms. The predicted octanol–water partition coefficient (Wildman–Crippen LogP) is 5.34. The summed E-state index contributed by atoms with van der Waals surface area (Å²) < 4.78 is 5.32. The first-order valence-corrected chi connectivity index (χ1v) is 9.11. The van der Waals surface area contributed by atoms with Crippen LogP contribution >= 0.6 is 0 Å². The van der Waals surface area contributed by atoms with Crippen molar-refractivity contribution in [2.45, 2.75) is 0 Å². The van der Waals surface area contributed by atoms with Gasteiger partial charge in [0.05, 0.1) is 7.11 Å². The number of aromatic amines is 1. The van der Waals surface area contributed by atoms with Gasteiger partial charge in [-0.05, 0) is 53.1 Å². The molecule has 4 nitrogen and oxygen atoms in total. The first-order valence-electron chi connectivity index (χ1n) is 9.11. The summed E-state index contributed by atoms with van der Waals surface area (Å²) in [6.45, 7) is 0. The van der Waals surface area contributed by atoms with Gasteiger partial charge in [0, 0.05) is 33.9 Å². The average Bonchev–Trinajstić information content (AvgIpc) is 3.33. The van der Waals surface area contributed by atoms with E-state index in [4.69, 9.17) is 4.74 Å². The van der Waals surface area contributed by atoms with Crippen molar-refractivity contribution in [3.8, 4) is 16.9 Å². The van der Waals surface area contributed by atoms with E-state index in [-0.39, 0.29) is 5.91 Å². The molecule has 0 fully saturated rings. The molecule has 136 valence electrons. The van der Waals surface area contributed by atoms with Crippen LogP contribution in [-0.2, 0) is 4.79 Å². The third kappa shape index (κ3) is 2.67. The molecular formula is C24H18N2O2. The number of fused-ring (bicyclic) bond motifs is 2. The van der Waals surface area contributed by atoms with Crippen LogP contribution in [0.25, 0.3) is 33.7 Å². The zero-order valence-electron chi connectivity index (χ0n) is 15.3. The molecule has 4 aromatic rings. The molecule has 0 unspecified atom stereocenters. The lowest BCUT2D eigenvalue weighted by atomic mass is 9.98. The number of benzene rings is 3. The molecule has 4 heteroatoms. The summed E-state index contributed by atoms with van der Waals surface area (Å²) in [4.78, 5) is 15.9. The fourth-order valence-electron chi connectivity index (χ4n) is 3.71. The number of hydrogen-bond donors (Lipinski definition) is 2.